The Morgan fingerprint density at radius 3 is 2.58 bits per heavy atom. The molecule has 2 aliphatic carbocycles. The van der Waals surface area contributed by atoms with Gasteiger partial charge >= 0.3 is 0 Å². The highest BCUT2D eigenvalue weighted by molar-refractivity contribution is 6.04. The maximum atomic E-state index is 13.3. The van der Waals surface area contributed by atoms with Gasteiger partial charge in [0.2, 0.25) is 0 Å². The average molecular weight is 329 g/mol. The number of aromatic hydroxyl groups is 1. The lowest BCUT2D eigenvalue weighted by molar-refractivity contribution is -0.0507. The first-order valence-corrected chi connectivity index (χ1v) is 9.08. The summed E-state index contributed by atoms with van der Waals surface area (Å²) in [6, 6.07) is 5.01. The summed E-state index contributed by atoms with van der Waals surface area (Å²) in [4.78, 5) is 15.5. The van der Waals surface area contributed by atoms with Crippen molar-refractivity contribution < 1.29 is 15.0 Å². The van der Waals surface area contributed by atoms with Gasteiger partial charge in [0.25, 0.3) is 0 Å². The number of ketones is 1. The summed E-state index contributed by atoms with van der Waals surface area (Å²) in [6.07, 6.45) is 3.58. The SMILES string of the molecule is CC[C@@]12CCN(CC3(O)CC3)C(C(=O)c3ccc(O)cc31)C2(C)C. The summed E-state index contributed by atoms with van der Waals surface area (Å²) >= 11 is 0. The van der Waals surface area contributed by atoms with Crippen LogP contribution in [0.1, 0.15) is 62.4 Å². The van der Waals surface area contributed by atoms with E-state index in [0.717, 1.165) is 43.4 Å². The summed E-state index contributed by atoms with van der Waals surface area (Å²) in [5.41, 5.74) is 0.844. The van der Waals surface area contributed by atoms with Gasteiger partial charge in [-0.3, -0.25) is 9.69 Å². The van der Waals surface area contributed by atoms with E-state index >= 15 is 0 Å². The summed E-state index contributed by atoms with van der Waals surface area (Å²) in [6.45, 7) is 7.99. The molecule has 2 fully saturated rings. The summed E-state index contributed by atoms with van der Waals surface area (Å²) in [7, 11) is 0. The van der Waals surface area contributed by atoms with Crippen LogP contribution in [0, 0.1) is 5.41 Å². The zero-order valence-electron chi connectivity index (χ0n) is 14.8. The van der Waals surface area contributed by atoms with Crippen molar-refractivity contribution in [1.29, 1.82) is 0 Å². The molecule has 3 aliphatic rings. The number of Topliss-reactive ketones (excluding diaryl/α,β-unsaturated/α-hetero) is 1. The van der Waals surface area contributed by atoms with Gasteiger partial charge in [-0.25, -0.2) is 0 Å². The highest BCUT2D eigenvalue weighted by Gasteiger charge is 2.61. The first-order chi connectivity index (χ1) is 11.2. The largest absolute Gasteiger partial charge is 0.508 e. The van der Waals surface area contributed by atoms with Gasteiger partial charge in [-0.15, -0.1) is 0 Å². The number of fused-ring (bicyclic) bond motifs is 4. The summed E-state index contributed by atoms with van der Waals surface area (Å²) in [5, 5.41) is 20.4. The number of rotatable bonds is 3. The lowest BCUT2D eigenvalue weighted by atomic mass is 9.49. The second-order valence-electron chi connectivity index (χ2n) is 8.60. The molecule has 1 saturated heterocycles. The van der Waals surface area contributed by atoms with E-state index in [2.05, 4.69) is 25.7 Å². The molecule has 130 valence electrons. The van der Waals surface area contributed by atoms with Gasteiger partial charge in [0, 0.05) is 17.5 Å². The van der Waals surface area contributed by atoms with E-state index in [1.807, 2.05) is 0 Å². The predicted molar refractivity (Wildman–Crippen MR) is 92.3 cm³/mol. The van der Waals surface area contributed by atoms with Gasteiger partial charge < -0.3 is 10.2 Å². The fraction of sp³-hybridized carbons (Fsp3) is 0.650. The molecule has 4 nitrogen and oxygen atoms in total. The molecule has 4 heteroatoms. The highest BCUT2D eigenvalue weighted by atomic mass is 16.3. The minimum atomic E-state index is -0.586. The van der Waals surface area contributed by atoms with E-state index in [1.165, 1.54) is 0 Å². The van der Waals surface area contributed by atoms with Crippen molar-refractivity contribution in [2.24, 2.45) is 5.41 Å². The molecule has 1 aliphatic heterocycles. The summed E-state index contributed by atoms with van der Waals surface area (Å²) < 4.78 is 0. The van der Waals surface area contributed by atoms with E-state index < -0.39 is 5.60 Å². The van der Waals surface area contributed by atoms with Crippen molar-refractivity contribution >= 4 is 5.78 Å². The van der Waals surface area contributed by atoms with Crippen LogP contribution >= 0.6 is 0 Å². The number of likely N-dealkylation sites (tertiary alicyclic amines) is 1. The quantitative estimate of drug-likeness (QED) is 0.895. The molecule has 1 unspecified atom stereocenters. The van der Waals surface area contributed by atoms with Crippen LogP contribution in [0.5, 0.6) is 5.75 Å². The molecular weight excluding hydrogens is 302 g/mol. The number of nitrogens with zero attached hydrogens (tertiary/aromatic N) is 1. The topological polar surface area (TPSA) is 60.8 Å². The number of β-amino-alcohol motifs (C(OH)–C–C–N with tert-alkyl or cyclic N) is 1. The van der Waals surface area contributed by atoms with Gasteiger partial charge in [0.05, 0.1) is 11.6 Å². The van der Waals surface area contributed by atoms with E-state index in [1.54, 1.807) is 18.2 Å². The van der Waals surface area contributed by atoms with Crippen LogP contribution in [0.25, 0.3) is 0 Å². The number of hydrogen-bond acceptors (Lipinski definition) is 4. The third kappa shape index (κ3) is 1.96. The van der Waals surface area contributed by atoms with Crippen molar-refractivity contribution in [3.63, 3.8) is 0 Å². The molecule has 2 N–H and O–H groups in total. The Labute approximate surface area is 143 Å². The van der Waals surface area contributed by atoms with Crippen LogP contribution in [0.2, 0.25) is 0 Å². The second-order valence-corrected chi connectivity index (χ2v) is 8.60. The van der Waals surface area contributed by atoms with Crippen LogP contribution in [0.4, 0.5) is 0 Å². The lowest BCUT2D eigenvalue weighted by Crippen LogP contribution is -2.67. The van der Waals surface area contributed by atoms with Crippen LogP contribution < -0.4 is 0 Å². The van der Waals surface area contributed by atoms with E-state index in [0.29, 0.717) is 6.54 Å². The van der Waals surface area contributed by atoms with Gasteiger partial charge in [-0.2, -0.15) is 0 Å². The number of benzene rings is 1. The Morgan fingerprint density at radius 1 is 1.25 bits per heavy atom. The minimum absolute atomic E-state index is 0.109. The fourth-order valence-electron chi connectivity index (χ4n) is 5.44. The Morgan fingerprint density at radius 2 is 1.96 bits per heavy atom. The molecule has 4 rings (SSSR count). The molecule has 1 saturated carbocycles. The minimum Gasteiger partial charge on any atom is -0.508 e. The van der Waals surface area contributed by atoms with Crippen LogP contribution in [0.15, 0.2) is 18.2 Å². The normalized spacial score (nSPS) is 33.2. The average Bonchev–Trinajstić information content (AvgIpc) is 3.23. The molecule has 0 radical (unpaired) electrons. The molecule has 0 amide bonds. The number of hydrogen-bond donors (Lipinski definition) is 2. The molecule has 0 aromatic heterocycles. The molecule has 24 heavy (non-hydrogen) atoms. The molecule has 1 heterocycles. The highest BCUT2D eigenvalue weighted by Crippen LogP contribution is 2.58. The van der Waals surface area contributed by atoms with Crippen molar-refractivity contribution in [3.8, 4) is 5.75 Å². The monoisotopic (exact) mass is 329 g/mol. The molecule has 2 atom stereocenters. The number of phenolic OH excluding ortho intramolecular Hbond substituents is 1. The maximum Gasteiger partial charge on any atom is 0.180 e. The van der Waals surface area contributed by atoms with Crippen LogP contribution in [0.3, 0.4) is 0 Å². The number of carbonyl (C=O) groups excluding carboxylic acids is 1. The van der Waals surface area contributed by atoms with Crippen molar-refractivity contribution in [1.82, 2.24) is 4.90 Å². The summed E-state index contributed by atoms with van der Waals surface area (Å²) in [5.74, 6) is 0.376. The second kappa shape index (κ2) is 4.83. The Bertz CT molecular complexity index is 707. The van der Waals surface area contributed by atoms with Gasteiger partial charge in [0.15, 0.2) is 5.78 Å². The first-order valence-electron chi connectivity index (χ1n) is 9.08. The standard InChI is InChI=1S/C20H27NO3/c1-4-20-9-10-21(12-19(24)7-8-19)17(18(20,2)3)16(23)14-6-5-13(22)11-15(14)20/h5-6,11,17,22,24H,4,7-10,12H2,1-3H3/t17?,20-/m1/s1. The van der Waals surface area contributed by atoms with Gasteiger partial charge in [0.1, 0.15) is 5.75 Å². The molecular formula is C20H27NO3. The number of carbonyl (C=O) groups is 1. The third-order valence-corrected chi connectivity index (χ3v) is 7.07. The third-order valence-electron chi connectivity index (χ3n) is 7.07. The Balaban J connectivity index is 1.86. The smallest absolute Gasteiger partial charge is 0.180 e. The molecule has 2 bridgehead atoms. The zero-order valence-corrected chi connectivity index (χ0v) is 14.8. The molecule has 1 aromatic carbocycles. The number of aliphatic hydroxyl groups is 1. The van der Waals surface area contributed by atoms with Crippen molar-refractivity contribution in [2.45, 2.75) is 63.5 Å². The molecule has 0 spiro atoms. The molecule has 1 aromatic rings. The van der Waals surface area contributed by atoms with Crippen LogP contribution in [-0.4, -0.2) is 45.6 Å². The predicted octanol–water partition coefficient (Wildman–Crippen LogP) is 2.86. The van der Waals surface area contributed by atoms with Crippen LogP contribution in [-0.2, 0) is 5.41 Å². The zero-order chi connectivity index (χ0) is 17.3. The van der Waals surface area contributed by atoms with Crippen molar-refractivity contribution in [2.75, 3.05) is 13.1 Å². The maximum absolute atomic E-state index is 13.3. The number of phenols is 1. The van der Waals surface area contributed by atoms with E-state index in [-0.39, 0.29) is 28.4 Å². The Hall–Kier alpha value is -1.39. The number of piperidine rings is 1. The Kier molecular flexibility index (Phi) is 3.24. The van der Waals surface area contributed by atoms with Gasteiger partial charge in [-0.1, -0.05) is 20.8 Å². The fourth-order valence-corrected chi connectivity index (χ4v) is 5.44. The van der Waals surface area contributed by atoms with E-state index in [9.17, 15) is 15.0 Å². The first kappa shape index (κ1) is 16.1. The van der Waals surface area contributed by atoms with Crippen molar-refractivity contribution in [3.05, 3.63) is 29.3 Å². The lowest BCUT2D eigenvalue weighted by Gasteiger charge is -2.61. The van der Waals surface area contributed by atoms with E-state index in [4.69, 9.17) is 0 Å². The van der Waals surface area contributed by atoms with Gasteiger partial charge in [-0.05, 0) is 61.4 Å².